The highest BCUT2D eigenvalue weighted by molar-refractivity contribution is 7.21. The highest BCUT2D eigenvalue weighted by atomic mass is 32.1. The van der Waals surface area contributed by atoms with Gasteiger partial charge in [-0.1, -0.05) is 6.07 Å². The molecule has 0 aliphatic rings. The second kappa shape index (κ2) is 6.51. The van der Waals surface area contributed by atoms with Gasteiger partial charge in [0.25, 0.3) is 5.91 Å². The summed E-state index contributed by atoms with van der Waals surface area (Å²) in [5.41, 5.74) is 10.9. The van der Waals surface area contributed by atoms with Crippen molar-refractivity contribution in [1.29, 1.82) is 0 Å². The molecular formula is C13H14FN3O3S. The topological polar surface area (TPSA) is 107 Å². The Labute approximate surface area is 123 Å². The van der Waals surface area contributed by atoms with E-state index in [0.29, 0.717) is 4.70 Å². The lowest BCUT2D eigenvalue weighted by atomic mass is 10.2. The van der Waals surface area contributed by atoms with Gasteiger partial charge in [0, 0.05) is 11.2 Å². The molecule has 2 rings (SSSR count). The summed E-state index contributed by atoms with van der Waals surface area (Å²) in [4.78, 5) is 22.7. The fraction of sp³-hybridized carbons (Fsp3) is 0.231. The molecule has 0 bridgehead atoms. The summed E-state index contributed by atoms with van der Waals surface area (Å²) in [6.07, 6.45) is 0. The van der Waals surface area contributed by atoms with E-state index in [2.05, 4.69) is 5.32 Å². The lowest BCUT2D eigenvalue weighted by Crippen LogP contribution is -2.28. The molecule has 0 aliphatic heterocycles. The third-order valence-electron chi connectivity index (χ3n) is 2.68. The number of thiophene rings is 1. The van der Waals surface area contributed by atoms with Crippen molar-refractivity contribution in [2.45, 2.75) is 0 Å². The van der Waals surface area contributed by atoms with Gasteiger partial charge in [-0.05, 0) is 12.1 Å². The molecule has 1 aromatic heterocycles. The third-order valence-corrected chi connectivity index (χ3v) is 3.85. The van der Waals surface area contributed by atoms with Crippen LogP contribution in [-0.2, 0) is 9.53 Å². The standard InChI is InChI=1S/C13H14FN3O3S/c14-7-2-1-3-8-10(7)11(16)12(21-8)13(19)17-4-5-20-6-9(15)18/h1-3H,4-6,16H2,(H2,15,18)(H,17,19). The number of carbonyl (C=O) groups excluding carboxylic acids is 2. The number of hydrogen-bond donors (Lipinski definition) is 3. The molecule has 1 heterocycles. The van der Waals surface area contributed by atoms with Gasteiger partial charge in [0.15, 0.2) is 0 Å². The lowest BCUT2D eigenvalue weighted by Gasteiger charge is -2.04. The minimum Gasteiger partial charge on any atom is -0.397 e. The van der Waals surface area contributed by atoms with Crippen molar-refractivity contribution in [2.75, 3.05) is 25.5 Å². The smallest absolute Gasteiger partial charge is 0.263 e. The molecule has 2 aromatic rings. The van der Waals surface area contributed by atoms with Gasteiger partial charge in [0.2, 0.25) is 5.91 Å². The zero-order valence-corrected chi connectivity index (χ0v) is 11.8. The summed E-state index contributed by atoms with van der Waals surface area (Å²) in [7, 11) is 0. The Morgan fingerprint density at radius 1 is 1.38 bits per heavy atom. The van der Waals surface area contributed by atoms with E-state index in [-0.39, 0.29) is 35.7 Å². The van der Waals surface area contributed by atoms with Crippen LogP contribution >= 0.6 is 11.3 Å². The van der Waals surface area contributed by atoms with Crippen LogP contribution in [0.3, 0.4) is 0 Å². The van der Waals surface area contributed by atoms with Gasteiger partial charge in [0.05, 0.1) is 17.7 Å². The molecule has 5 N–H and O–H groups in total. The number of nitrogen functional groups attached to an aromatic ring is 1. The lowest BCUT2D eigenvalue weighted by molar-refractivity contribution is -0.122. The Kier molecular flexibility index (Phi) is 4.71. The number of ether oxygens (including phenoxy) is 1. The number of rotatable bonds is 6. The molecule has 0 unspecified atom stereocenters. The predicted molar refractivity (Wildman–Crippen MR) is 78.5 cm³/mol. The number of benzene rings is 1. The first-order valence-corrected chi connectivity index (χ1v) is 6.93. The van der Waals surface area contributed by atoms with Gasteiger partial charge in [-0.15, -0.1) is 11.3 Å². The highest BCUT2D eigenvalue weighted by Crippen LogP contribution is 2.35. The second-order valence-electron chi connectivity index (χ2n) is 4.23. The summed E-state index contributed by atoms with van der Waals surface area (Å²) in [5.74, 6) is -1.44. The Bertz CT molecular complexity index is 687. The quantitative estimate of drug-likeness (QED) is 0.687. The molecule has 0 saturated carbocycles. The average molecular weight is 311 g/mol. The van der Waals surface area contributed by atoms with Crippen molar-refractivity contribution in [3.05, 3.63) is 28.9 Å². The van der Waals surface area contributed by atoms with Crippen molar-refractivity contribution < 1.29 is 18.7 Å². The molecule has 1 aromatic carbocycles. The minimum atomic E-state index is -0.578. The molecule has 21 heavy (non-hydrogen) atoms. The Morgan fingerprint density at radius 2 is 2.14 bits per heavy atom. The maximum absolute atomic E-state index is 13.7. The molecule has 0 radical (unpaired) electrons. The SMILES string of the molecule is NC(=O)COCCNC(=O)c1sc2cccc(F)c2c1N. The molecule has 8 heteroatoms. The zero-order chi connectivity index (χ0) is 15.4. The first-order valence-electron chi connectivity index (χ1n) is 6.11. The van der Waals surface area contributed by atoms with Gasteiger partial charge in [-0.2, -0.15) is 0 Å². The van der Waals surface area contributed by atoms with Gasteiger partial charge in [-0.25, -0.2) is 4.39 Å². The van der Waals surface area contributed by atoms with Gasteiger partial charge in [0.1, 0.15) is 17.3 Å². The first-order chi connectivity index (χ1) is 10.0. The first kappa shape index (κ1) is 15.2. The number of amides is 2. The summed E-state index contributed by atoms with van der Waals surface area (Å²) in [5, 5.41) is 2.85. The minimum absolute atomic E-state index is 0.128. The Morgan fingerprint density at radius 3 is 2.81 bits per heavy atom. The van der Waals surface area contributed by atoms with Gasteiger partial charge >= 0.3 is 0 Å². The van der Waals surface area contributed by atoms with Crippen molar-refractivity contribution in [3.8, 4) is 0 Å². The molecule has 112 valence electrons. The fourth-order valence-electron chi connectivity index (χ4n) is 1.79. The zero-order valence-electron chi connectivity index (χ0n) is 11.0. The number of halogens is 1. The van der Waals surface area contributed by atoms with Crippen LogP contribution in [0.4, 0.5) is 10.1 Å². The van der Waals surface area contributed by atoms with E-state index in [1.807, 2.05) is 0 Å². The number of carbonyl (C=O) groups is 2. The number of nitrogens with two attached hydrogens (primary N) is 2. The van der Waals surface area contributed by atoms with Crippen LogP contribution in [0, 0.1) is 5.82 Å². The second-order valence-corrected chi connectivity index (χ2v) is 5.28. The molecule has 0 atom stereocenters. The average Bonchev–Trinajstić information content (AvgIpc) is 2.76. The largest absolute Gasteiger partial charge is 0.397 e. The molecule has 0 spiro atoms. The summed E-state index contributed by atoms with van der Waals surface area (Å²) >= 11 is 1.12. The van der Waals surface area contributed by atoms with E-state index in [0.717, 1.165) is 11.3 Å². The monoisotopic (exact) mass is 311 g/mol. The number of fused-ring (bicyclic) bond motifs is 1. The maximum atomic E-state index is 13.7. The summed E-state index contributed by atoms with van der Waals surface area (Å²) in [6.45, 7) is 0.141. The number of primary amides is 1. The molecule has 6 nitrogen and oxygen atoms in total. The highest BCUT2D eigenvalue weighted by Gasteiger charge is 2.18. The third kappa shape index (κ3) is 3.47. The summed E-state index contributed by atoms with van der Waals surface area (Å²) < 4.78 is 19.2. The predicted octanol–water partition coefficient (Wildman–Crippen LogP) is 0.854. The van der Waals surface area contributed by atoms with Crippen LogP contribution in [-0.4, -0.2) is 31.6 Å². The van der Waals surface area contributed by atoms with Gasteiger partial charge in [-0.3, -0.25) is 9.59 Å². The normalized spacial score (nSPS) is 10.7. The van der Waals surface area contributed by atoms with Crippen LogP contribution in [0.25, 0.3) is 10.1 Å². The molecule has 0 fully saturated rings. The molecular weight excluding hydrogens is 297 g/mol. The van der Waals surface area contributed by atoms with E-state index < -0.39 is 17.6 Å². The number of nitrogens with one attached hydrogen (secondary N) is 1. The number of anilines is 1. The van der Waals surface area contributed by atoms with E-state index in [1.54, 1.807) is 12.1 Å². The van der Waals surface area contributed by atoms with E-state index in [4.69, 9.17) is 16.2 Å². The molecule has 0 aliphatic carbocycles. The van der Waals surface area contributed by atoms with E-state index >= 15 is 0 Å². The summed E-state index contributed by atoms with van der Waals surface area (Å²) in [6, 6.07) is 4.56. The Balaban J connectivity index is 2.01. The van der Waals surface area contributed by atoms with Crippen molar-refractivity contribution >= 4 is 38.9 Å². The van der Waals surface area contributed by atoms with E-state index in [9.17, 15) is 14.0 Å². The van der Waals surface area contributed by atoms with Crippen LogP contribution in [0.5, 0.6) is 0 Å². The van der Waals surface area contributed by atoms with E-state index in [1.165, 1.54) is 6.07 Å². The van der Waals surface area contributed by atoms with Crippen molar-refractivity contribution in [2.24, 2.45) is 5.73 Å². The van der Waals surface area contributed by atoms with Crippen molar-refractivity contribution in [3.63, 3.8) is 0 Å². The Hall–Kier alpha value is -2.19. The number of hydrogen-bond acceptors (Lipinski definition) is 5. The van der Waals surface area contributed by atoms with Crippen LogP contribution in [0.2, 0.25) is 0 Å². The van der Waals surface area contributed by atoms with Gasteiger partial charge < -0.3 is 21.5 Å². The molecule has 2 amide bonds. The maximum Gasteiger partial charge on any atom is 0.263 e. The van der Waals surface area contributed by atoms with Crippen LogP contribution in [0.15, 0.2) is 18.2 Å². The van der Waals surface area contributed by atoms with Crippen LogP contribution < -0.4 is 16.8 Å². The van der Waals surface area contributed by atoms with Crippen molar-refractivity contribution in [1.82, 2.24) is 5.32 Å². The molecule has 0 saturated heterocycles. The fourth-order valence-corrected chi connectivity index (χ4v) is 2.84. The van der Waals surface area contributed by atoms with Crippen LogP contribution in [0.1, 0.15) is 9.67 Å².